The first-order valence-electron chi connectivity index (χ1n) is 26.3. The minimum absolute atomic E-state index is 0.0258. The normalized spacial score (nSPS) is 50.8. The van der Waals surface area contributed by atoms with Crippen LogP contribution in [0.5, 0.6) is 0 Å². The number of carbonyl (C=O) groups is 2. The Labute approximate surface area is 368 Å². The van der Waals surface area contributed by atoms with Crippen molar-refractivity contribution in [1.82, 2.24) is 0 Å². The second-order valence-corrected chi connectivity index (χ2v) is 26.5. The number of esters is 1. The topological polar surface area (TPSA) is 43.4 Å². The summed E-state index contributed by atoms with van der Waals surface area (Å²) >= 11 is 0. The Kier molecular flexibility index (Phi) is 10.8. The van der Waals surface area contributed by atoms with Gasteiger partial charge in [-0.15, -0.1) is 0 Å². The van der Waals surface area contributed by atoms with Crippen LogP contribution in [0.15, 0.2) is 23.8 Å². The van der Waals surface area contributed by atoms with Gasteiger partial charge in [0, 0.05) is 18.3 Å². The fourth-order valence-electron chi connectivity index (χ4n) is 20.3. The van der Waals surface area contributed by atoms with Crippen molar-refractivity contribution in [2.24, 2.45) is 103 Å². The van der Waals surface area contributed by atoms with Crippen LogP contribution in [-0.2, 0) is 14.3 Å². The lowest BCUT2D eigenvalue weighted by atomic mass is 9.32. The van der Waals surface area contributed by atoms with E-state index in [1.54, 1.807) is 5.57 Å². The summed E-state index contributed by atoms with van der Waals surface area (Å²) in [4.78, 5) is 28.5. The first-order valence-corrected chi connectivity index (χ1v) is 26.3. The highest BCUT2D eigenvalue weighted by atomic mass is 16.5. The molecule has 0 aromatic carbocycles. The number of allylic oxidation sites excluding steroid dienone is 2. The molecule has 3 heteroatoms. The van der Waals surface area contributed by atoms with Gasteiger partial charge in [-0.25, -0.2) is 0 Å². The number of Topliss-reactive ketones (excluding diaryl/α,β-unsaturated/α-hetero) is 1. The molecule has 0 N–H and O–H groups in total. The summed E-state index contributed by atoms with van der Waals surface area (Å²) in [6.45, 7) is 32.1. The predicted octanol–water partition coefficient (Wildman–Crippen LogP) is 15.2. The van der Waals surface area contributed by atoms with Crippen LogP contribution in [0, 0.1) is 103 Å². The van der Waals surface area contributed by atoms with Crippen LogP contribution in [0.2, 0.25) is 0 Å². The van der Waals surface area contributed by atoms with Gasteiger partial charge in [-0.2, -0.15) is 0 Å². The van der Waals surface area contributed by atoms with Gasteiger partial charge in [0.15, 0.2) is 0 Å². The van der Waals surface area contributed by atoms with E-state index in [0.717, 1.165) is 86.9 Å². The van der Waals surface area contributed by atoms with Gasteiger partial charge in [-0.1, -0.05) is 112 Å². The maximum atomic E-state index is 15.2. The van der Waals surface area contributed by atoms with Crippen molar-refractivity contribution in [3.63, 3.8) is 0 Å². The Hall–Kier alpha value is -1.38. The second kappa shape index (κ2) is 14.8. The Balaban J connectivity index is 0.913. The van der Waals surface area contributed by atoms with E-state index in [9.17, 15) is 4.79 Å². The average molecular weight is 823 g/mol. The maximum Gasteiger partial charge on any atom is 0.312 e. The molecule has 9 aliphatic carbocycles. The molecule has 0 aromatic heterocycles. The second-order valence-electron chi connectivity index (χ2n) is 26.5. The van der Waals surface area contributed by atoms with E-state index < -0.39 is 0 Å². The molecule has 336 valence electrons. The van der Waals surface area contributed by atoms with Crippen molar-refractivity contribution in [1.29, 1.82) is 0 Å². The average Bonchev–Trinajstić information content (AvgIpc) is 3.76. The molecule has 0 bridgehead atoms. The van der Waals surface area contributed by atoms with Gasteiger partial charge in [0.2, 0.25) is 0 Å². The molecule has 0 amide bonds. The summed E-state index contributed by atoms with van der Waals surface area (Å²) < 4.78 is 6.99. The van der Waals surface area contributed by atoms with Crippen LogP contribution in [0.25, 0.3) is 0 Å². The summed E-state index contributed by atoms with van der Waals surface area (Å²) in [5.41, 5.74) is 3.74. The highest BCUT2D eigenvalue weighted by Crippen LogP contribution is 2.78. The van der Waals surface area contributed by atoms with Gasteiger partial charge in [0.05, 0.1) is 5.41 Å². The van der Waals surface area contributed by atoms with E-state index in [0.29, 0.717) is 40.8 Å². The molecule has 8 saturated carbocycles. The van der Waals surface area contributed by atoms with Crippen LogP contribution < -0.4 is 0 Å². The lowest BCUT2D eigenvalue weighted by Crippen LogP contribution is -2.66. The Morgan fingerprint density at radius 2 is 1.50 bits per heavy atom. The quantitative estimate of drug-likeness (QED) is 0.181. The van der Waals surface area contributed by atoms with Crippen molar-refractivity contribution in [3.05, 3.63) is 23.8 Å². The van der Waals surface area contributed by atoms with E-state index in [1.807, 2.05) is 0 Å². The number of carbonyl (C=O) groups excluding carboxylic acids is 2. The third-order valence-corrected chi connectivity index (χ3v) is 23.8. The van der Waals surface area contributed by atoms with E-state index in [4.69, 9.17) is 4.74 Å². The number of ketones is 1. The maximum absolute atomic E-state index is 15.2. The van der Waals surface area contributed by atoms with Crippen molar-refractivity contribution in [3.8, 4) is 0 Å². The van der Waals surface area contributed by atoms with E-state index in [1.165, 1.54) is 89.0 Å². The number of hydrogen-bond acceptors (Lipinski definition) is 3. The van der Waals surface area contributed by atoms with Crippen LogP contribution in [-0.4, -0.2) is 17.9 Å². The molecule has 60 heavy (non-hydrogen) atoms. The summed E-state index contributed by atoms with van der Waals surface area (Å²) in [6, 6.07) is 0. The Morgan fingerprint density at radius 3 is 2.23 bits per heavy atom. The SMILES string of the molecule is C=C(C)[C@@H]1CC[C@]2(C(=O)O[C@@H]3CC[C@@]4(C)C(=CC[C@H]5[C@@H]6CC[C@H]([C@H](C)CCCC(C)C)[C@@]6(C)CC[C@@H]54)C3)CC[C@]3(C)[C@H](CC[C@@H]4[C@@]5(C)CCC(=O)C(C)(C)C5CC[C@]43C)C12. The van der Waals surface area contributed by atoms with Crippen LogP contribution in [0.3, 0.4) is 0 Å². The van der Waals surface area contributed by atoms with Crippen molar-refractivity contribution in [2.45, 2.75) is 217 Å². The number of ether oxygens (including phenoxy) is 1. The number of rotatable bonds is 8. The first-order chi connectivity index (χ1) is 28.2. The zero-order valence-corrected chi connectivity index (χ0v) is 40.8. The molecule has 9 aliphatic rings. The smallest absolute Gasteiger partial charge is 0.312 e. The molecule has 8 fully saturated rings. The Bertz CT molecular complexity index is 1750. The third-order valence-electron chi connectivity index (χ3n) is 23.8. The lowest BCUT2D eigenvalue weighted by molar-refractivity contribution is -0.237. The van der Waals surface area contributed by atoms with Crippen LogP contribution >= 0.6 is 0 Å². The summed E-state index contributed by atoms with van der Waals surface area (Å²) in [6.07, 6.45) is 27.9. The molecular weight excluding hydrogens is 733 g/mol. The summed E-state index contributed by atoms with van der Waals surface area (Å²) in [5, 5.41) is 0. The van der Waals surface area contributed by atoms with E-state index in [2.05, 4.69) is 88.8 Å². The minimum Gasteiger partial charge on any atom is -0.462 e. The molecule has 0 spiro atoms. The Morgan fingerprint density at radius 1 is 0.750 bits per heavy atom. The highest BCUT2D eigenvalue weighted by molar-refractivity contribution is 5.85. The van der Waals surface area contributed by atoms with E-state index >= 15 is 4.79 Å². The van der Waals surface area contributed by atoms with Crippen molar-refractivity contribution < 1.29 is 14.3 Å². The van der Waals surface area contributed by atoms with Gasteiger partial charge in [0.25, 0.3) is 0 Å². The molecule has 0 aromatic rings. The van der Waals surface area contributed by atoms with E-state index in [-0.39, 0.29) is 44.6 Å². The third kappa shape index (κ3) is 6.09. The molecule has 17 atom stereocenters. The molecule has 0 aliphatic heterocycles. The number of fused-ring (bicyclic) bond motifs is 12. The zero-order valence-electron chi connectivity index (χ0n) is 40.8. The fraction of sp³-hybridized carbons (Fsp3) is 0.895. The monoisotopic (exact) mass is 823 g/mol. The van der Waals surface area contributed by atoms with Crippen LogP contribution in [0.1, 0.15) is 211 Å². The van der Waals surface area contributed by atoms with Crippen molar-refractivity contribution >= 4 is 11.8 Å². The van der Waals surface area contributed by atoms with Gasteiger partial charge in [-0.05, 0) is 202 Å². The molecule has 0 radical (unpaired) electrons. The highest BCUT2D eigenvalue weighted by Gasteiger charge is 2.72. The molecule has 3 nitrogen and oxygen atoms in total. The lowest BCUT2D eigenvalue weighted by Gasteiger charge is -2.72. The van der Waals surface area contributed by atoms with Gasteiger partial charge in [0.1, 0.15) is 11.9 Å². The van der Waals surface area contributed by atoms with Crippen LogP contribution in [0.4, 0.5) is 0 Å². The molecule has 0 saturated heterocycles. The minimum atomic E-state index is -0.372. The van der Waals surface area contributed by atoms with Gasteiger partial charge >= 0.3 is 5.97 Å². The predicted molar refractivity (Wildman–Crippen MR) is 247 cm³/mol. The molecule has 0 heterocycles. The number of hydrogen-bond donors (Lipinski definition) is 0. The zero-order chi connectivity index (χ0) is 43.0. The van der Waals surface area contributed by atoms with Gasteiger partial charge < -0.3 is 4.74 Å². The summed E-state index contributed by atoms with van der Waals surface area (Å²) in [5.74, 6) is 8.12. The summed E-state index contributed by atoms with van der Waals surface area (Å²) in [7, 11) is 0. The van der Waals surface area contributed by atoms with Crippen molar-refractivity contribution in [2.75, 3.05) is 0 Å². The molecular formula is C57H90O3. The fourth-order valence-corrected chi connectivity index (χ4v) is 20.3. The molecule has 2 unspecified atom stereocenters. The first kappa shape index (κ1) is 43.9. The largest absolute Gasteiger partial charge is 0.462 e. The van der Waals surface area contributed by atoms with Gasteiger partial charge in [-0.3, -0.25) is 9.59 Å². The standard InChI is InChI=1S/C57H90O3/c1-35(2)14-13-15-37(5)42-18-19-43-41-17-16-38-34-39(22-27-52(38,8)44(41)24-28-53(42,43)9)60-50(59)57-31-23-40(36(3)4)49(57)45-20-21-47-54(10)29-26-48(58)51(6,7)46(54)25-30-56(47,12)55(45,11)32-33-57/h16,35,37,39-47,49H,3,13-15,17-34H2,1-2,4-12H3/t37-,39-,40+,41+,42-,43+,44+,45-,46?,47-,49?,52+,53-,54+,55-,56-,57+/m1/s1. The molecule has 9 rings (SSSR count).